The molecule has 0 aliphatic heterocycles. The van der Waals surface area contributed by atoms with Crippen LogP contribution in [0.25, 0.3) is 11.1 Å². The van der Waals surface area contributed by atoms with Crippen LogP contribution in [0.15, 0.2) is 36.5 Å². The molecule has 1 heterocycles. The molecule has 0 bridgehead atoms. The van der Waals surface area contributed by atoms with Crippen molar-refractivity contribution in [2.24, 2.45) is 0 Å². The minimum atomic E-state index is 0.0661. The molecule has 0 aliphatic rings. The van der Waals surface area contributed by atoms with Crippen LogP contribution >= 0.6 is 11.6 Å². The van der Waals surface area contributed by atoms with Crippen molar-refractivity contribution in [2.75, 3.05) is 0 Å². The third kappa shape index (κ3) is 3.85. The summed E-state index contributed by atoms with van der Waals surface area (Å²) in [6, 6.07) is 10.3. The van der Waals surface area contributed by atoms with Gasteiger partial charge in [-0.15, -0.1) is 0 Å². The Labute approximate surface area is 134 Å². The van der Waals surface area contributed by atoms with Gasteiger partial charge in [0.05, 0.1) is 1.37 Å². The van der Waals surface area contributed by atoms with Gasteiger partial charge in [0.25, 0.3) is 0 Å². The Morgan fingerprint density at radius 3 is 1.81 bits per heavy atom. The Hall–Kier alpha value is -1.34. The molecule has 112 valence electrons. The molecule has 0 saturated carbocycles. The first-order valence-corrected chi connectivity index (χ1v) is 7.65. The second-order valence-electron chi connectivity index (χ2n) is 7.61. The van der Waals surface area contributed by atoms with Crippen LogP contribution < -0.4 is 0 Å². The molecule has 2 heteroatoms. The number of hydrogen-bond acceptors (Lipinski definition) is 1. The highest BCUT2D eigenvalue weighted by atomic mass is 35.5. The fourth-order valence-corrected chi connectivity index (χ4v) is 2.36. The lowest BCUT2D eigenvalue weighted by molar-refractivity contribution is 0.569. The van der Waals surface area contributed by atoms with Gasteiger partial charge in [-0.2, -0.15) is 0 Å². The predicted octanol–water partition coefficient (Wildman–Crippen LogP) is 6.00. The van der Waals surface area contributed by atoms with Crippen molar-refractivity contribution in [3.8, 4) is 11.1 Å². The Balaban J connectivity index is 2.70. The minimum absolute atomic E-state index is 0.0661. The second kappa shape index (κ2) is 5.46. The molecular weight excluding hydrogens is 278 g/mol. The molecule has 0 saturated heterocycles. The third-order valence-corrected chi connectivity index (χ3v) is 3.86. The van der Waals surface area contributed by atoms with Crippen molar-refractivity contribution in [1.29, 1.82) is 0 Å². The molecule has 21 heavy (non-hydrogen) atoms. The number of nitrogens with zero attached hydrogens (tertiary/aromatic N) is 1. The molecule has 2 rings (SSSR count). The molecule has 2 aromatic rings. The monoisotopic (exact) mass is 302 g/mol. The molecule has 0 atom stereocenters. The lowest BCUT2D eigenvalue weighted by Gasteiger charge is -2.26. The average Bonchev–Trinajstić information content (AvgIpc) is 2.35. The zero-order valence-electron chi connectivity index (χ0n) is 14.7. The van der Waals surface area contributed by atoms with Crippen LogP contribution in [-0.2, 0) is 10.8 Å². The van der Waals surface area contributed by atoms with Gasteiger partial charge < -0.3 is 0 Å². The van der Waals surface area contributed by atoms with Crippen molar-refractivity contribution >= 4 is 11.6 Å². The lowest BCUT2D eigenvalue weighted by Crippen LogP contribution is -2.16. The van der Waals surface area contributed by atoms with E-state index in [-0.39, 0.29) is 17.0 Å². The largest absolute Gasteiger partial charge is 0.245 e. The summed E-state index contributed by atoms with van der Waals surface area (Å²) in [4.78, 5) is 3.93. The standard InChI is InChI=1S/C19H24ClN/c1-18(2,3)15-9-14(10-16(12-15)19(4,5)6)13-7-8-21-17(20)11-13/h7-12H,1-6H3/i8D. The smallest absolute Gasteiger partial charge is 0.129 e. The number of benzene rings is 1. The van der Waals surface area contributed by atoms with Crippen molar-refractivity contribution in [1.82, 2.24) is 4.98 Å². The summed E-state index contributed by atoms with van der Waals surface area (Å²) >= 11 is 6.03. The first kappa shape index (κ1) is 14.6. The highest BCUT2D eigenvalue weighted by Crippen LogP contribution is 2.34. The van der Waals surface area contributed by atoms with E-state index in [1.165, 1.54) is 11.1 Å². The molecule has 0 amide bonds. The zero-order chi connectivity index (χ0) is 16.7. The van der Waals surface area contributed by atoms with E-state index in [2.05, 4.69) is 64.7 Å². The SMILES string of the molecule is [2H]c1cc(-c2cc(C(C)(C)C)cc(C(C)(C)C)c2)cc(Cl)n1. The lowest BCUT2D eigenvalue weighted by atomic mass is 9.79. The summed E-state index contributed by atoms with van der Waals surface area (Å²) in [5.74, 6) is 0. The van der Waals surface area contributed by atoms with Crippen LogP contribution in [0, 0.1) is 0 Å². The highest BCUT2D eigenvalue weighted by molar-refractivity contribution is 6.29. The number of hydrogen-bond donors (Lipinski definition) is 0. The van der Waals surface area contributed by atoms with Gasteiger partial charge in [-0.25, -0.2) is 4.98 Å². The molecule has 0 N–H and O–H groups in total. The Kier molecular flexibility index (Phi) is 3.79. The van der Waals surface area contributed by atoms with E-state index in [9.17, 15) is 0 Å². The van der Waals surface area contributed by atoms with E-state index >= 15 is 0 Å². The van der Waals surface area contributed by atoms with Gasteiger partial charge in [0.2, 0.25) is 0 Å². The summed E-state index contributed by atoms with van der Waals surface area (Å²) < 4.78 is 7.78. The van der Waals surface area contributed by atoms with Crippen LogP contribution in [0.3, 0.4) is 0 Å². The molecule has 1 nitrogen and oxygen atoms in total. The Morgan fingerprint density at radius 1 is 0.857 bits per heavy atom. The van der Waals surface area contributed by atoms with Crippen LogP contribution in [0.5, 0.6) is 0 Å². The fraction of sp³-hybridized carbons (Fsp3) is 0.421. The summed E-state index contributed by atoms with van der Waals surface area (Å²) in [6.45, 7) is 13.3. The van der Waals surface area contributed by atoms with E-state index in [4.69, 9.17) is 13.0 Å². The van der Waals surface area contributed by atoms with Crippen molar-refractivity contribution in [2.45, 2.75) is 52.4 Å². The van der Waals surface area contributed by atoms with Gasteiger partial charge >= 0.3 is 0 Å². The summed E-state index contributed by atoms with van der Waals surface area (Å²) in [5, 5.41) is 0.362. The van der Waals surface area contributed by atoms with Crippen molar-refractivity contribution in [3.63, 3.8) is 0 Å². The molecule has 1 aromatic carbocycles. The van der Waals surface area contributed by atoms with Gasteiger partial charge in [0, 0.05) is 6.17 Å². The fourth-order valence-electron chi connectivity index (χ4n) is 2.19. The highest BCUT2D eigenvalue weighted by Gasteiger charge is 2.20. The summed E-state index contributed by atoms with van der Waals surface area (Å²) in [7, 11) is 0. The van der Waals surface area contributed by atoms with Crippen LogP contribution in [0.1, 0.15) is 54.0 Å². The molecular formula is C19H24ClN. The minimum Gasteiger partial charge on any atom is -0.245 e. The number of rotatable bonds is 1. The van der Waals surface area contributed by atoms with E-state index in [0.29, 0.717) is 5.15 Å². The van der Waals surface area contributed by atoms with Crippen LogP contribution in [0.4, 0.5) is 0 Å². The Bertz CT molecular complexity index is 641. The van der Waals surface area contributed by atoms with Gasteiger partial charge in [0.15, 0.2) is 0 Å². The van der Waals surface area contributed by atoms with E-state index in [1.54, 1.807) is 6.07 Å². The van der Waals surface area contributed by atoms with Crippen molar-refractivity contribution < 1.29 is 1.37 Å². The summed E-state index contributed by atoms with van der Waals surface area (Å²) in [5.41, 5.74) is 4.74. The number of pyridine rings is 1. The van der Waals surface area contributed by atoms with E-state index < -0.39 is 0 Å². The van der Waals surface area contributed by atoms with Gasteiger partial charge in [-0.1, -0.05) is 71.3 Å². The molecule has 1 aromatic heterocycles. The Morgan fingerprint density at radius 2 is 1.38 bits per heavy atom. The molecule has 0 spiro atoms. The third-order valence-electron chi connectivity index (χ3n) is 3.66. The van der Waals surface area contributed by atoms with Crippen LogP contribution in [-0.4, -0.2) is 4.98 Å². The second-order valence-corrected chi connectivity index (χ2v) is 7.99. The van der Waals surface area contributed by atoms with Gasteiger partial charge in [-0.05, 0) is 45.2 Å². The van der Waals surface area contributed by atoms with E-state index in [1.807, 2.05) is 6.07 Å². The topological polar surface area (TPSA) is 12.9 Å². The predicted molar refractivity (Wildman–Crippen MR) is 92.1 cm³/mol. The first-order chi connectivity index (χ1) is 9.96. The molecule has 0 unspecified atom stereocenters. The molecule has 0 radical (unpaired) electrons. The normalized spacial score (nSPS) is 13.2. The maximum absolute atomic E-state index is 7.78. The molecule has 0 fully saturated rings. The van der Waals surface area contributed by atoms with Gasteiger partial charge in [-0.3, -0.25) is 0 Å². The average molecular weight is 303 g/mol. The summed E-state index contributed by atoms with van der Waals surface area (Å²) in [6.07, 6.45) is 0.195. The van der Waals surface area contributed by atoms with Gasteiger partial charge in [0.1, 0.15) is 5.15 Å². The maximum Gasteiger partial charge on any atom is 0.129 e. The zero-order valence-corrected chi connectivity index (χ0v) is 14.5. The number of aromatic nitrogens is 1. The quantitative estimate of drug-likeness (QED) is 0.589. The van der Waals surface area contributed by atoms with Crippen LogP contribution in [0.2, 0.25) is 5.15 Å². The van der Waals surface area contributed by atoms with E-state index in [0.717, 1.165) is 11.1 Å². The maximum atomic E-state index is 7.78. The van der Waals surface area contributed by atoms with Crippen molar-refractivity contribution in [3.05, 3.63) is 52.8 Å². The molecule has 0 aliphatic carbocycles. The number of halogens is 1. The first-order valence-electron chi connectivity index (χ1n) is 7.77.